The second-order valence-corrected chi connectivity index (χ2v) is 5.78. The van der Waals surface area contributed by atoms with Crippen molar-refractivity contribution in [1.82, 2.24) is 4.31 Å². The van der Waals surface area contributed by atoms with E-state index in [0.717, 1.165) is 12.0 Å². The Hall–Kier alpha value is -0.870. The lowest BCUT2D eigenvalue weighted by atomic mass is 10.1. The first-order valence-electron chi connectivity index (χ1n) is 4.92. The van der Waals surface area contributed by atoms with E-state index in [-0.39, 0.29) is 0 Å². The molecule has 0 radical (unpaired) electrons. The van der Waals surface area contributed by atoms with Gasteiger partial charge < -0.3 is 0 Å². The van der Waals surface area contributed by atoms with E-state index in [9.17, 15) is 8.42 Å². The summed E-state index contributed by atoms with van der Waals surface area (Å²) in [6.07, 6.45) is 2.22. The van der Waals surface area contributed by atoms with E-state index in [4.69, 9.17) is 0 Å². The SMILES string of the molecule is CCc1ccc(CN(C)S(C)(=O)=O)cc1. The lowest BCUT2D eigenvalue weighted by Gasteiger charge is -2.13. The fraction of sp³-hybridized carbons (Fsp3) is 0.455. The molecule has 0 N–H and O–H groups in total. The minimum atomic E-state index is -3.08. The molecule has 0 bridgehead atoms. The van der Waals surface area contributed by atoms with Gasteiger partial charge in [0.05, 0.1) is 6.26 Å². The molecule has 1 rings (SSSR count). The maximum atomic E-state index is 11.2. The van der Waals surface area contributed by atoms with Crippen molar-refractivity contribution in [3.63, 3.8) is 0 Å². The first-order valence-corrected chi connectivity index (χ1v) is 6.77. The van der Waals surface area contributed by atoms with Crippen molar-refractivity contribution in [2.24, 2.45) is 0 Å². The molecule has 0 amide bonds. The number of hydrogen-bond donors (Lipinski definition) is 0. The highest BCUT2D eigenvalue weighted by Crippen LogP contribution is 2.08. The van der Waals surface area contributed by atoms with Gasteiger partial charge in [-0.3, -0.25) is 0 Å². The topological polar surface area (TPSA) is 37.4 Å². The lowest BCUT2D eigenvalue weighted by molar-refractivity contribution is 0.472. The van der Waals surface area contributed by atoms with Crippen molar-refractivity contribution in [3.05, 3.63) is 35.4 Å². The predicted octanol–water partition coefficient (Wildman–Crippen LogP) is 1.64. The molecule has 0 spiro atoms. The van der Waals surface area contributed by atoms with Gasteiger partial charge in [0, 0.05) is 13.6 Å². The second-order valence-electron chi connectivity index (χ2n) is 3.69. The number of hydrogen-bond acceptors (Lipinski definition) is 2. The van der Waals surface area contributed by atoms with Crippen LogP contribution in [-0.2, 0) is 23.0 Å². The number of nitrogens with zero attached hydrogens (tertiary/aromatic N) is 1. The van der Waals surface area contributed by atoms with Crippen molar-refractivity contribution < 1.29 is 8.42 Å². The molecule has 1 aromatic carbocycles. The Kier molecular flexibility index (Phi) is 3.88. The van der Waals surface area contributed by atoms with Gasteiger partial charge in [-0.05, 0) is 17.5 Å². The summed E-state index contributed by atoms with van der Waals surface area (Å²) in [4.78, 5) is 0. The van der Waals surface area contributed by atoms with E-state index < -0.39 is 10.0 Å². The minimum Gasteiger partial charge on any atom is -0.213 e. The van der Waals surface area contributed by atoms with E-state index in [2.05, 4.69) is 6.92 Å². The fourth-order valence-electron chi connectivity index (χ4n) is 1.25. The molecule has 0 atom stereocenters. The van der Waals surface area contributed by atoms with Gasteiger partial charge in [-0.25, -0.2) is 12.7 Å². The summed E-state index contributed by atoms with van der Waals surface area (Å²) in [5.41, 5.74) is 2.28. The summed E-state index contributed by atoms with van der Waals surface area (Å²) in [6.45, 7) is 2.53. The first-order chi connectivity index (χ1) is 6.93. The van der Waals surface area contributed by atoms with E-state index in [0.29, 0.717) is 6.54 Å². The first kappa shape index (κ1) is 12.2. The van der Waals surface area contributed by atoms with Crippen molar-refractivity contribution in [2.45, 2.75) is 19.9 Å². The monoisotopic (exact) mass is 227 g/mol. The molecule has 0 aromatic heterocycles. The molecule has 3 nitrogen and oxygen atoms in total. The van der Waals surface area contributed by atoms with Crippen LogP contribution in [-0.4, -0.2) is 26.0 Å². The lowest BCUT2D eigenvalue weighted by Crippen LogP contribution is -2.24. The zero-order valence-corrected chi connectivity index (χ0v) is 10.2. The molecule has 0 fully saturated rings. The van der Waals surface area contributed by atoms with Crippen molar-refractivity contribution in [1.29, 1.82) is 0 Å². The standard InChI is InChI=1S/C11H17NO2S/c1-4-10-5-7-11(8-6-10)9-12(2)15(3,13)14/h5-8H,4,9H2,1-3H3. The summed E-state index contributed by atoms with van der Waals surface area (Å²) in [5.74, 6) is 0. The van der Waals surface area contributed by atoms with Crippen LogP contribution < -0.4 is 0 Å². The Labute approximate surface area is 91.8 Å². The summed E-state index contributed by atoms with van der Waals surface area (Å²) in [6, 6.07) is 8.01. The summed E-state index contributed by atoms with van der Waals surface area (Å²) >= 11 is 0. The Morgan fingerprint density at radius 2 is 1.60 bits per heavy atom. The third-order valence-electron chi connectivity index (χ3n) is 2.40. The molecule has 4 heteroatoms. The largest absolute Gasteiger partial charge is 0.213 e. The van der Waals surface area contributed by atoms with Crippen LogP contribution in [0.4, 0.5) is 0 Å². The molecule has 1 aromatic rings. The highest BCUT2D eigenvalue weighted by Gasteiger charge is 2.10. The summed E-state index contributed by atoms with van der Waals surface area (Å²) < 4.78 is 23.7. The van der Waals surface area contributed by atoms with Gasteiger partial charge in [0.15, 0.2) is 0 Å². The van der Waals surface area contributed by atoms with E-state index >= 15 is 0 Å². The molecule has 0 heterocycles. The normalized spacial score (nSPS) is 12.0. The van der Waals surface area contributed by atoms with Crippen LogP contribution in [0.25, 0.3) is 0 Å². The second kappa shape index (κ2) is 4.77. The van der Waals surface area contributed by atoms with Crippen LogP contribution in [0.15, 0.2) is 24.3 Å². The smallest absolute Gasteiger partial charge is 0.211 e. The predicted molar refractivity (Wildman–Crippen MR) is 62.1 cm³/mol. The van der Waals surface area contributed by atoms with Crippen LogP contribution in [0.1, 0.15) is 18.1 Å². The maximum Gasteiger partial charge on any atom is 0.211 e. The van der Waals surface area contributed by atoms with Gasteiger partial charge >= 0.3 is 0 Å². The van der Waals surface area contributed by atoms with E-state index in [1.165, 1.54) is 16.1 Å². The molecule has 84 valence electrons. The quantitative estimate of drug-likeness (QED) is 0.784. The third kappa shape index (κ3) is 3.64. The summed E-state index contributed by atoms with van der Waals surface area (Å²) in [7, 11) is -1.50. The average Bonchev–Trinajstić information content (AvgIpc) is 2.17. The Morgan fingerprint density at radius 1 is 1.13 bits per heavy atom. The van der Waals surface area contributed by atoms with Gasteiger partial charge in [-0.15, -0.1) is 0 Å². The van der Waals surface area contributed by atoms with Crippen molar-refractivity contribution >= 4 is 10.0 Å². The molecule has 0 aliphatic rings. The fourth-order valence-corrected chi connectivity index (χ4v) is 1.64. The van der Waals surface area contributed by atoms with Crippen LogP contribution in [0.2, 0.25) is 0 Å². The van der Waals surface area contributed by atoms with Gasteiger partial charge in [0.25, 0.3) is 0 Å². The zero-order valence-electron chi connectivity index (χ0n) is 9.40. The van der Waals surface area contributed by atoms with Crippen LogP contribution >= 0.6 is 0 Å². The van der Waals surface area contributed by atoms with Gasteiger partial charge in [-0.1, -0.05) is 31.2 Å². The van der Waals surface area contributed by atoms with Crippen molar-refractivity contribution in [2.75, 3.05) is 13.3 Å². The molecular formula is C11H17NO2S. The third-order valence-corrected chi connectivity index (χ3v) is 3.66. The highest BCUT2D eigenvalue weighted by molar-refractivity contribution is 7.88. The zero-order chi connectivity index (χ0) is 11.5. The molecule has 15 heavy (non-hydrogen) atoms. The van der Waals surface area contributed by atoms with E-state index in [1.807, 2.05) is 24.3 Å². The molecule has 0 saturated heterocycles. The number of aryl methyl sites for hydroxylation is 1. The van der Waals surface area contributed by atoms with Gasteiger partial charge in [0.1, 0.15) is 0 Å². The van der Waals surface area contributed by atoms with Crippen LogP contribution in [0.5, 0.6) is 0 Å². The van der Waals surface area contributed by atoms with Gasteiger partial charge in [-0.2, -0.15) is 0 Å². The number of sulfonamides is 1. The number of benzene rings is 1. The summed E-state index contributed by atoms with van der Waals surface area (Å²) in [5, 5.41) is 0. The van der Waals surface area contributed by atoms with Crippen LogP contribution in [0, 0.1) is 0 Å². The minimum absolute atomic E-state index is 0.433. The Morgan fingerprint density at radius 3 is 2.00 bits per heavy atom. The average molecular weight is 227 g/mol. The highest BCUT2D eigenvalue weighted by atomic mass is 32.2. The Balaban J connectivity index is 2.74. The van der Waals surface area contributed by atoms with Gasteiger partial charge in [0.2, 0.25) is 10.0 Å². The van der Waals surface area contributed by atoms with E-state index in [1.54, 1.807) is 7.05 Å². The molecular weight excluding hydrogens is 210 g/mol. The molecule has 0 saturated carbocycles. The van der Waals surface area contributed by atoms with Crippen molar-refractivity contribution in [3.8, 4) is 0 Å². The maximum absolute atomic E-state index is 11.2. The number of rotatable bonds is 4. The molecule has 0 unspecified atom stereocenters. The van der Waals surface area contributed by atoms with Crippen LogP contribution in [0.3, 0.4) is 0 Å². The molecule has 0 aliphatic carbocycles. The molecule has 0 aliphatic heterocycles. The Bertz CT molecular complexity index is 409.